The standard InChI is InChI=1S/C72H39F12NO5/c73-69(74,75)44-30-42(31-45(34-44)70(76,77)78)56-37-59-64-60(38-57(66-65(64)63(56)55-21-11-12-22-61(55)90-66)43-32-46(71(79,80)81)35-47(33-43)72(82,83)84)68(88)85(67(59)87)48-25-23-39(24-26-48)29-62(86)89-49-27-28-54(52-19-9-7-17-50(52)40-13-3-1-4-14-40)58(36-49)53-20-10-8-18-51(53)41-15-5-2-6-16-41/h1-28,30-38H,29H2. The predicted molar refractivity (Wildman–Crippen MR) is 320 cm³/mol. The highest BCUT2D eigenvalue weighted by Gasteiger charge is 2.40. The van der Waals surface area contributed by atoms with Gasteiger partial charge in [0, 0.05) is 37.9 Å². The maximum absolute atomic E-state index is 15.2. The highest BCUT2D eigenvalue weighted by molar-refractivity contribution is 6.32. The quantitative estimate of drug-likeness (QED) is 0.0448. The second-order valence-electron chi connectivity index (χ2n) is 21.4. The third-order valence-corrected chi connectivity index (χ3v) is 15.8. The average Bonchev–Trinajstić information content (AvgIpc) is 0.696. The van der Waals surface area contributed by atoms with Gasteiger partial charge in [0.05, 0.1) is 34.4 Å². The molecular weight excluding hydrogens is 1190 g/mol. The van der Waals surface area contributed by atoms with Crippen LogP contribution in [0.5, 0.6) is 5.75 Å². The number of fused-ring (bicyclic) bond motifs is 2. The van der Waals surface area contributed by atoms with Crippen LogP contribution >= 0.6 is 0 Å². The fourth-order valence-electron chi connectivity index (χ4n) is 11.7. The zero-order valence-corrected chi connectivity index (χ0v) is 46.1. The van der Waals surface area contributed by atoms with Gasteiger partial charge in [0.15, 0.2) is 0 Å². The van der Waals surface area contributed by atoms with Crippen LogP contribution < -0.4 is 15.9 Å². The van der Waals surface area contributed by atoms with Gasteiger partial charge in [-0.15, -0.1) is 0 Å². The summed E-state index contributed by atoms with van der Waals surface area (Å²) in [7, 11) is 0. The Balaban J connectivity index is 0.955. The first kappa shape index (κ1) is 58.3. The van der Waals surface area contributed by atoms with Crippen LogP contribution in [0.3, 0.4) is 0 Å². The molecule has 0 saturated heterocycles. The Morgan fingerprint density at radius 2 is 0.800 bits per heavy atom. The van der Waals surface area contributed by atoms with Gasteiger partial charge >= 0.3 is 30.7 Å². The summed E-state index contributed by atoms with van der Waals surface area (Å²) < 4.78 is 188. The number of para-hydroxylation sites is 1. The molecule has 0 spiro atoms. The van der Waals surface area contributed by atoms with Crippen molar-refractivity contribution in [2.24, 2.45) is 0 Å². The normalized spacial score (nSPS) is 12.4. The number of rotatable bonds is 10. The maximum atomic E-state index is 15.2. The van der Waals surface area contributed by atoms with Gasteiger partial charge in [-0.1, -0.05) is 146 Å². The third kappa shape index (κ3) is 10.7. The maximum Gasteiger partial charge on any atom is 0.416 e. The molecule has 0 aliphatic carbocycles. The SMILES string of the molecule is O=C(Cc1ccc(-n2c(=O)c3cc(-c4cc(C(F)(F)F)cc(C(F)(F)F)c4)c4oc5ccccc5c5c(-c6cc(C(F)(F)F)cc(C(F)(F)F)c6)cc(c2=O)c3c45)cc1)Oc1ccc(-c2ccccc2-c2ccccc2)c(-c2ccccc2-c2ccccc2)c1. The Morgan fingerprint density at radius 3 is 1.31 bits per heavy atom. The molecule has 13 rings (SSSR count). The van der Waals surface area contributed by atoms with Crippen molar-refractivity contribution < 1.29 is 66.6 Å². The van der Waals surface area contributed by atoms with Crippen LogP contribution in [-0.4, -0.2) is 10.5 Å². The van der Waals surface area contributed by atoms with E-state index in [0.717, 1.165) is 56.6 Å². The van der Waals surface area contributed by atoms with E-state index in [4.69, 9.17) is 9.15 Å². The molecule has 446 valence electrons. The van der Waals surface area contributed by atoms with Crippen molar-refractivity contribution in [1.82, 2.24) is 4.57 Å². The number of ether oxygens (including phenoxy) is 1. The largest absolute Gasteiger partial charge is 0.455 e. The molecule has 90 heavy (non-hydrogen) atoms. The van der Waals surface area contributed by atoms with E-state index in [-0.39, 0.29) is 62.7 Å². The number of carbonyl (C=O) groups is 1. The van der Waals surface area contributed by atoms with E-state index in [9.17, 15) is 57.5 Å². The van der Waals surface area contributed by atoms with Crippen molar-refractivity contribution in [2.45, 2.75) is 31.1 Å². The first-order chi connectivity index (χ1) is 42.9. The van der Waals surface area contributed by atoms with E-state index in [1.807, 2.05) is 115 Å². The molecular formula is C72H39F12NO5. The van der Waals surface area contributed by atoms with E-state index in [2.05, 4.69) is 0 Å². The van der Waals surface area contributed by atoms with Gasteiger partial charge < -0.3 is 9.15 Å². The number of halogens is 12. The minimum Gasteiger partial charge on any atom is -0.455 e. The van der Waals surface area contributed by atoms with Crippen molar-refractivity contribution in [3.63, 3.8) is 0 Å². The number of alkyl halides is 12. The molecule has 13 aromatic rings. The topological polar surface area (TPSA) is 78.5 Å². The number of benzene rings is 11. The second kappa shape index (κ2) is 21.8. The van der Waals surface area contributed by atoms with Crippen molar-refractivity contribution in [2.75, 3.05) is 0 Å². The van der Waals surface area contributed by atoms with Gasteiger partial charge in [-0.05, 0) is 146 Å². The molecule has 0 N–H and O–H groups in total. The lowest BCUT2D eigenvalue weighted by Crippen LogP contribution is -2.32. The van der Waals surface area contributed by atoms with Crippen molar-refractivity contribution >= 4 is 49.5 Å². The van der Waals surface area contributed by atoms with Gasteiger partial charge in [0.2, 0.25) is 0 Å². The first-order valence-electron chi connectivity index (χ1n) is 27.6. The van der Waals surface area contributed by atoms with E-state index in [1.165, 1.54) is 48.5 Å². The molecule has 0 radical (unpaired) electrons. The molecule has 0 aliphatic rings. The monoisotopic (exact) mass is 1230 g/mol. The Kier molecular flexibility index (Phi) is 14.1. The molecule has 18 heteroatoms. The minimum atomic E-state index is -5.39. The van der Waals surface area contributed by atoms with Crippen LogP contribution in [-0.2, 0) is 35.9 Å². The second-order valence-corrected chi connectivity index (χ2v) is 21.4. The summed E-state index contributed by atoms with van der Waals surface area (Å²) in [5, 5.41) is -2.04. The van der Waals surface area contributed by atoms with Gasteiger partial charge in [0.1, 0.15) is 16.9 Å². The molecule has 2 aromatic heterocycles. The Morgan fingerprint density at radius 1 is 0.367 bits per heavy atom. The number of nitrogens with zero attached hydrogens (tertiary/aromatic N) is 1. The first-order valence-corrected chi connectivity index (χ1v) is 27.6. The van der Waals surface area contributed by atoms with Gasteiger partial charge in [0.25, 0.3) is 11.1 Å². The van der Waals surface area contributed by atoms with E-state index >= 15 is 9.59 Å². The zero-order chi connectivity index (χ0) is 63.2. The molecule has 0 amide bonds. The van der Waals surface area contributed by atoms with Gasteiger partial charge in [-0.3, -0.25) is 14.4 Å². The van der Waals surface area contributed by atoms with Crippen molar-refractivity contribution in [3.05, 3.63) is 273 Å². The molecule has 2 heterocycles. The number of carbonyl (C=O) groups excluding carboxylic acids is 1. The van der Waals surface area contributed by atoms with Crippen LogP contribution in [0.2, 0.25) is 0 Å². The number of aromatic nitrogens is 1. The smallest absolute Gasteiger partial charge is 0.416 e. The zero-order valence-electron chi connectivity index (χ0n) is 46.1. The number of pyridine rings is 1. The summed E-state index contributed by atoms with van der Waals surface area (Å²) in [6.45, 7) is 0. The van der Waals surface area contributed by atoms with Crippen LogP contribution in [0.25, 0.3) is 116 Å². The van der Waals surface area contributed by atoms with Gasteiger partial charge in [-0.25, -0.2) is 4.57 Å². The lowest BCUT2D eigenvalue weighted by Gasteiger charge is -2.21. The Hall–Kier alpha value is -10.8. The summed E-state index contributed by atoms with van der Waals surface area (Å²) in [4.78, 5) is 44.4. The summed E-state index contributed by atoms with van der Waals surface area (Å²) in [5.41, 5.74) is -5.69. The average molecular weight is 1230 g/mol. The Bertz CT molecular complexity index is 5030. The van der Waals surface area contributed by atoms with Crippen LogP contribution in [0, 0.1) is 0 Å². The summed E-state index contributed by atoms with van der Waals surface area (Å²) in [6.07, 6.45) is -21.9. The molecule has 11 aromatic carbocycles. The lowest BCUT2D eigenvalue weighted by atomic mass is 9.86. The summed E-state index contributed by atoms with van der Waals surface area (Å²) in [6, 6.07) is 54.5. The highest BCUT2D eigenvalue weighted by Crippen LogP contribution is 2.50. The minimum absolute atomic E-state index is 0.0347. The number of hydrogen-bond acceptors (Lipinski definition) is 5. The number of hydrogen-bond donors (Lipinski definition) is 0. The molecule has 0 unspecified atom stereocenters. The van der Waals surface area contributed by atoms with E-state index < -0.39 is 103 Å². The van der Waals surface area contributed by atoms with E-state index in [0.29, 0.717) is 28.8 Å². The fourth-order valence-corrected chi connectivity index (χ4v) is 11.7. The molecule has 0 bridgehead atoms. The Labute approximate surface area is 501 Å². The number of esters is 1. The van der Waals surface area contributed by atoms with Crippen molar-refractivity contribution in [3.8, 4) is 78.2 Å². The lowest BCUT2D eigenvalue weighted by molar-refractivity contribution is -0.144. The van der Waals surface area contributed by atoms with Crippen LogP contribution in [0.15, 0.2) is 238 Å². The van der Waals surface area contributed by atoms with Gasteiger partial charge in [-0.2, -0.15) is 52.7 Å². The third-order valence-electron chi connectivity index (χ3n) is 15.8. The summed E-state index contributed by atoms with van der Waals surface area (Å²) >= 11 is 0. The summed E-state index contributed by atoms with van der Waals surface area (Å²) in [5.74, 6) is -0.553. The molecule has 0 atom stereocenters. The van der Waals surface area contributed by atoms with Crippen molar-refractivity contribution in [1.29, 1.82) is 0 Å². The predicted octanol–water partition coefficient (Wildman–Crippen LogP) is 20.1. The molecule has 0 aliphatic heterocycles. The fraction of sp³-hybridized carbons (Fsp3) is 0.0694. The van der Waals surface area contributed by atoms with E-state index in [1.54, 1.807) is 12.1 Å². The van der Waals surface area contributed by atoms with Crippen LogP contribution in [0.4, 0.5) is 52.7 Å². The molecule has 0 fully saturated rings. The molecule has 0 saturated carbocycles. The highest BCUT2D eigenvalue weighted by atomic mass is 19.4. The molecule has 6 nitrogen and oxygen atoms in total. The van der Waals surface area contributed by atoms with Crippen LogP contribution in [0.1, 0.15) is 27.8 Å².